The predicted molar refractivity (Wildman–Crippen MR) is 96.9 cm³/mol. The van der Waals surface area contributed by atoms with Gasteiger partial charge in [-0.15, -0.1) is 0 Å². The van der Waals surface area contributed by atoms with Gasteiger partial charge in [-0.1, -0.05) is 78.9 Å². The van der Waals surface area contributed by atoms with E-state index in [1.54, 1.807) is 12.1 Å². The van der Waals surface area contributed by atoms with Crippen LogP contribution in [-0.2, 0) is 10.1 Å². The Kier molecular flexibility index (Phi) is 4.77. The molecular formula is C20H16O3S. The van der Waals surface area contributed by atoms with Gasteiger partial charge in [0.2, 0.25) is 0 Å². The van der Waals surface area contributed by atoms with Crippen LogP contribution in [-0.4, -0.2) is 8.42 Å². The molecule has 0 saturated carbocycles. The number of para-hydroxylation sites is 1. The Labute approximate surface area is 142 Å². The van der Waals surface area contributed by atoms with E-state index in [2.05, 4.69) is 0 Å². The second kappa shape index (κ2) is 7.15. The maximum Gasteiger partial charge on any atom is 0.332 e. The van der Waals surface area contributed by atoms with Crippen molar-refractivity contribution in [2.24, 2.45) is 0 Å². The molecule has 24 heavy (non-hydrogen) atoms. The van der Waals surface area contributed by atoms with Gasteiger partial charge >= 0.3 is 10.1 Å². The van der Waals surface area contributed by atoms with Crippen molar-refractivity contribution < 1.29 is 12.6 Å². The first kappa shape index (κ1) is 16.0. The Hall–Kier alpha value is -2.85. The lowest BCUT2D eigenvalue weighted by Gasteiger charge is -2.09. The molecule has 0 N–H and O–H groups in total. The zero-order valence-electron chi connectivity index (χ0n) is 12.9. The minimum absolute atomic E-state index is 0.307. The molecule has 0 saturated heterocycles. The zero-order valence-corrected chi connectivity index (χ0v) is 13.7. The second-order valence-electron chi connectivity index (χ2n) is 5.15. The summed E-state index contributed by atoms with van der Waals surface area (Å²) in [6.07, 6.45) is 1.51. The smallest absolute Gasteiger partial charge is 0.332 e. The highest BCUT2D eigenvalue weighted by Crippen LogP contribution is 2.30. The summed E-state index contributed by atoms with van der Waals surface area (Å²) in [6, 6.07) is 25.8. The highest BCUT2D eigenvalue weighted by atomic mass is 32.2. The lowest BCUT2D eigenvalue weighted by atomic mass is 10.1. The lowest BCUT2D eigenvalue weighted by Crippen LogP contribution is -2.06. The first-order chi connectivity index (χ1) is 11.6. The third kappa shape index (κ3) is 4.12. The van der Waals surface area contributed by atoms with Crippen LogP contribution in [0.5, 0.6) is 5.75 Å². The third-order valence-corrected chi connectivity index (χ3v) is 4.29. The van der Waals surface area contributed by atoms with Gasteiger partial charge in [-0.05, 0) is 23.3 Å². The summed E-state index contributed by atoms with van der Waals surface area (Å²) in [5.74, 6) is 0.307. The lowest BCUT2D eigenvalue weighted by molar-refractivity contribution is 0.498. The highest BCUT2D eigenvalue weighted by molar-refractivity contribution is 7.90. The fourth-order valence-electron chi connectivity index (χ4n) is 2.27. The summed E-state index contributed by atoms with van der Waals surface area (Å²) in [5, 5.41) is 1.07. The highest BCUT2D eigenvalue weighted by Gasteiger charge is 2.12. The van der Waals surface area contributed by atoms with E-state index >= 15 is 0 Å². The van der Waals surface area contributed by atoms with Crippen LogP contribution in [0.15, 0.2) is 90.3 Å². The molecule has 3 aromatic carbocycles. The molecule has 3 nitrogen and oxygen atoms in total. The fraction of sp³-hybridized carbons (Fsp3) is 0. The van der Waals surface area contributed by atoms with Crippen molar-refractivity contribution in [3.63, 3.8) is 0 Å². The van der Waals surface area contributed by atoms with Crippen LogP contribution in [0.2, 0.25) is 0 Å². The minimum Gasteiger partial charge on any atom is -0.379 e. The normalized spacial score (nSPS) is 11.5. The van der Waals surface area contributed by atoms with Crippen LogP contribution in [0.1, 0.15) is 5.56 Å². The number of rotatable bonds is 5. The number of hydrogen-bond donors (Lipinski definition) is 0. The summed E-state index contributed by atoms with van der Waals surface area (Å²) in [5.41, 5.74) is 2.42. The summed E-state index contributed by atoms with van der Waals surface area (Å²) in [7, 11) is -3.84. The molecule has 0 aromatic heterocycles. The first-order valence-corrected chi connectivity index (χ1v) is 8.93. The van der Waals surface area contributed by atoms with Crippen molar-refractivity contribution in [3.8, 4) is 16.9 Å². The van der Waals surface area contributed by atoms with E-state index in [4.69, 9.17) is 4.18 Å². The Morgan fingerprint density at radius 2 is 1.29 bits per heavy atom. The van der Waals surface area contributed by atoms with Gasteiger partial charge in [-0.2, -0.15) is 8.42 Å². The molecular weight excluding hydrogens is 320 g/mol. The van der Waals surface area contributed by atoms with Crippen molar-refractivity contribution in [2.45, 2.75) is 0 Å². The van der Waals surface area contributed by atoms with Gasteiger partial charge in [0.05, 0.1) is 5.41 Å². The van der Waals surface area contributed by atoms with Crippen molar-refractivity contribution >= 4 is 16.2 Å². The van der Waals surface area contributed by atoms with Crippen LogP contribution in [0.3, 0.4) is 0 Å². The molecule has 120 valence electrons. The maximum atomic E-state index is 12.2. The summed E-state index contributed by atoms with van der Waals surface area (Å²) < 4.78 is 29.8. The van der Waals surface area contributed by atoms with Gasteiger partial charge in [0.15, 0.2) is 5.75 Å². The van der Waals surface area contributed by atoms with Crippen molar-refractivity contribution in [3.05, 3.63) is 95.9 Å². The number of hydrogen-bond acceptors (Lipinski definition) is 3. The number of benzene rings is 3. The zero-order chi connectivity index (χ0) is 16.8. The van der Waals surface area contributed by atoms with E-state index in [0.29, 0.717) is 5.75 Å². The molecule has 0 amide bonds. The molecule has 3 rings (SSSR count). The van der Waals surface area contributed by atoms with Gasteiger partial charge in [-0.25, -0.2) is 0 Å². The van der Waals surface area contributed by atoms with Gasteiger partial charge < -0.3 is 4.18 Å². The molecule has 0 bridgehead atoms. The van der Waals surface area contributed by atoms with Crippen molar-refractivity contribution in [1.29, 1.82) is 0 Å². The quantitative estimate of drug-likeness (QED) is 0.633. The van der Waals surface area contributed by atoms with Gasteiger partial charge in [0.25, 0.3) is 0 Å². The van der Waals surface area contributed by atoms with Crippen LogP contribution < -0.4 is 4.18 Å². The summed E-state index contributed by atoms with van der Waals surface area (Å²) in [6.45, 7) is 0. The van der Waals surface area contributed by atoms with Crippen LogP contribution in [0.25, 0.3) is 17.2 Å². The Balaban J connectivity index is 1.87. The maximum absolute atomic E-state index is 12.2. The molecule has 3 aromatic rings. The van der Waals surface area contributed by atoms with Gasteiger partial charge in [0, 0.05) is 5.56 Å². The molecule has 0 aliphatic rings. The van der Waals surface area contributed by atoms with E-state index in [-0.39, 0.29) is 0 Å². The molecule has 0 fully saturated rings. The predicted octanol–water partition coefficient (Wildman–Crippen LogP) is 4.73. The van der Waals surface area contributed by atoms with E-state index < -0.39 is 10.1 Å². The second-order valence-corrected chi connectivity index (χ2v) is 6.58. The van der Waals surface area contributed by atoms with Crippen LogP contribution in [0.4, 0.5) is 0 Å². The van der Waals surface area contributed by atoms with Crippen molar-refractivity contribution in [2.75, 3.05) is 0 Å². The standard InChI is InChI=1S/C20H16O3S/c21-24(22,16-15-17-9-3-1-4-10-17)23-20-14-8-7-13-19(20)18-11-5-2-6-12-18/h1-16H. The fourth-order valence-corrected chi connectivity index (χ4v) is 3.05. The molecule has 0 atom stereocenters. The van der Waals surface area contributed by atoms with Gasteiger partial charge in [-0.3, -0.25) is 0 Å². The first-order valence-electron chi connectivity index (χ1n) is 7.46. The summed E-state index contributed by atoms with van der Waals surface area (Å²) >= 11 is 0. The van der Waals surface area contributed by atoms with E-state index in [0.717, 1.165) is 22.1 Å². The van der Waals surface area contributed by atoms with E-state index in [9.17, 15) is 8.42 Å². The largest absolute Gasteiger partial charge is 0.379 e. The third-order valence-electron chi connectivity index (χ3n) is 3.40. The molecule has 0 heterocycles. The Morgan fingerprint density at radius 1 is 0.708 bits per heavy atom. The topological polar surface area (TPSA) is 43.4 Å². The Bertz CT molecular complexity index is 931. The van der Waals surface area contributed by atoms with E-state index in [1.807, 2.05) is 72.8 Å². The molecule has 0 aliphatic heterocycles. The molecule has 0 aliphatic carbocycles. The molecule has 0 radical (unpaired) electrons. The minimum atomic E-state index is -3.84. The van der Waals surface area contributed by atoms with Crippen molar-refractivity contribution in [1.82, 2.24) is 0 Å². The average molecular weight is 336 g/mol. The van der Waals surface area contributed by atoms with Gasteiger partial charge in [0.1, 0.15) is 0 Å². The SMILES string of the molecule is O=S(=O)(C=Cc1ccccc1)Oc1ccccc1-c1ccccc1. The van der Waals surface area contributed by atoms with Crippen LogP contribution >= 0.6 is 0 Å². The molecule has 0 spiro atoms. The monoisotopic (exact) mass is 336 g/mol. The molecule has 4 heteroatoms. The average Bonchev–Trinajstić information content (AvgIpc) is 2.62. The summed E-state index contributed by atoms with van der Waals surface area (Å²) in [4.78, 5) is 0. The molecule has 0 unspecified atom stereocenters. The Morgan fingerprint density at radius 3 is 2.00 bits per heavy atom. The van der Waals surface area contributed by atoms with Crippen LogP contribution in [0, 0.1) is 0 Å². The van der Waals surface area contributed by atoms with E-state index in [1.165, 1.54) is 6.08 Å².